The summed E-state index contributed by atoms with van der Waals surface area (Å²) >= 11 is 7.85. The van der Waals surface area contributed by atoms with Crippen LogP contribution in [0.3, 0.4) is 0 Å². The van der Waals surface area contributed by atoms with E-state index in [1.54, 1.807) is 24.3 Å². The summed E-state index contributed by atoms with van der Waals surface area (Å²) in [5.74, 6) is 2.16. The molecule has 1 aliphatic heterocycles. The molecule has 1 saturated carbocycles. The summed E-state index contributed by atoms with van der Waals surface area (Å²) in [6.45, 7) is 2.07. The topological polar surface area (TPSA) is 61.6 Å². The molecular formula is C28H21ClFNO4S. The second-order valence-electron chi connectivity index (χ2n) is 8.95. The van der Waals surface area contributed by atoms with Crippen LogP contribution in [0.15, 0.2) is 57.9 Å². The van der Waals surface area contributed by atoms with Gasteiger partial charge in [-0.15, -0.1) is 11.8 Å². The summed E-state index contributed by atoms with van der Waals surface area (Å²) in [5, 5.41) is 4.92. The molecule has 2 aliphatic rings. The summed E-state index contributed by atoms with van der Waals surface area (Å²) in [4.78, 5) is 11.5. The predicted octanol–water partition coefficient (Wildman–Crippen LogP) is 8.11. The Morgan fingerprint density at radius 3 is 2.83 bits per heavy atom. The van der Waals surface area contributed by atoms with E-state index in [0.29, 0.717) is 44.3 Å². The summed E-state index contributed by atoms with van der Waals surface area (Å²) in [6, 6.07) is 14.2. The first-order valence-corrected chi connectivity index (χ1v) is 13.0. The number of hydrogen-bond donors (Lipinski definition) is 0. The Morgan fingerprint density at radius 1 is 1.19 bits per heavy atom. The van der Waals surface area contributed by atoms with Gasteiger partial charge in [-0.1, -0.05) is 41.0 Å². The zero-order valence-electron chi connectivity index (χ0n) is 19.3. The van der Waals surface area contributed by atoms with Crippen LogP contribution >= 0.6 is 23.4 Å². The second-order valence-corrected chi connectivity index (χ2v) is 10.3. The molecule has 0 amide bonds. The highest BCUT2D eigenvalue weighted by Crippen LogP contribution is 2.47. The Labute approximate surface area is 216 Å². The van der Waals surface area contributed by atoms with Crippen LogP contribution in [0.2, 0.25) is 5.02 Å². The van der Waals surface area contributed by atoms with E-state index in [0.717, 1.165) is 47.1 Å². The summed E-state index contributed by atoms with van der Waals surface area (Å²) in [7, 11) is 0. The quantitative estimate of drug-likeness (QED) is 0.239. The number of fused-ring (bicyclic) bond motifs is 2. The third-order valence-corrected chi connectivity index (χ3v) is 7.88. The maximum Gasteiger partial charge on any atom is 0.182 e. The molecule has 3 aromatic carbocycles. The van der Waals surface area contributed by atoms with E-state index in [4.69, 9.17) is 25.6 Å². The fourth-order valence-corrected chi connectivity index (χ4v) is 5.71. The van der Waals surface area contributed by atoms with Crippen molar-refractivity contribution in [1.29, 1.82) is 0 Å². The molecule has 0 atom stereocenters. The van der Waals surface area contributed by atoms with E-state index < -0.39 is 5.82 Å². The first-order valence-electron chi connectivity index (χ1n) is 11.6. The van der Waals surface area contributed by atoms with Gasteiger partial charge in [0.25, 0.3) is 0 Å². The Bertz CT molecular complexity index is 1480. The highest BCUT2D eigenvalue weighted by molar-refractivity contribution is 7.98. The van der Waals surface area contributed by atoms with Crippen molar-refractivity contribution in [2.75, 3.05) is 0 Å². The minimum Gasteiger partial charge on any atom is -0.486 e. The van der Waals surface area contributed by atoms with E-state index in [2.05, 4.69) is 5.16 Å². The highest BCUT2D eigenvalue weighted by Gasteiger charge is 2.34. The number of aryl methyl sites for hydroxylation is 1. The number of nitrogens with zero attached hydrogens (tertiary/aromatic N) is 1. The molecule has 182 valence electrons. The summed E-state index contributed by atoms with van der Waals surface area (Å²) < 4.78 is 33.4. The van der Waals surface area contributed by atoms with Crippen LogP contribution in [0, 0.1) is 12.7 Å². The van der Waals surface area contributed by atoms with Crippen molar-refractivity contribution in [2.24, 2.45) is 0 Å². The number of halogens is 2. The second kappa shape index (κ2) is 9.30. The van der Waals surface area contributed by atoms with Gasteiger partial charge in [-0.25, -0.2) is 4.39 Å². The Kier molecular flexibility index (Phi) is 5.97. The molecular weight excluding hydrogens is 501 g/mol. The summed E-state index contributed by atoms with van der Waals surface area (Å²) in [6.07, 6.45) is 2.81. The molecule has 8 heteroatoms. The minimum atomic E-state index is -0.485. The van der Waals surface area contributed by atoms with E-state index in [-0.39, 0.29) is 12.4 Å². The van der Waals surface area contributed by atoms with Gasteiger partial charge < -0.3 is 14.0 Å². The molecule has 4 aromatic rings. The van der Waals surface area contributed by atoms with Gasteiger partial charge in [-0.3, -0.25) is 4.79 Å². The smallest absolute Gasteiger partial charge is 0.182 e. The average molecular weight is 522 g/mol. The van der Waals surface area contributed by atoms with E-state index >= 15 is 4.39 Å². The van der Waals surface area contributed by atoms with Gasteiger partial charge in [0, 0.05) is 28.4 Å². The van der Waals surface area contributed by atoms with Crippen molar-refractivity contribution in [1.82, 2.24) is 5.16 Å². The lowest BCUT2D eigenvalue weighted by Gasteiger charge is -2.13. The largest absolute Gasteiger partial charge is 0.486 e. The Balaban J connectivity index is 1.31. The number of carbonyl (C=O) groups is 1. The molecule has 36 heavy (non-hydrogen) atoms. The summed E-state index contributed by atoms with van der Waals surface area (Å²) in [5.41, 5.74) is 4.60. The number of hydrogen-bond acceptors (Lipinski definition) is 6. The van der Waals surface area contributed by atoms with Crippen molar-refractivity contribution < 1.29 is 23.2 Å². The fraction of sp³-hybridized carbons (Fsp3) is 0.214. The standard InChI is InChI=1S/C28H21ClFNO4S/c1-15-3-2-4-20(29)24(15)26-19(27(35-31-26)17-7-8-17)13-33-21-9-10-22-28(25(21)30)36-14-18-6-5-16(12-32)11-23(18)34-22/h2-6,9-12,17H,7-8,13-14H2,1H3. The molecule has 1 aromatic heterocycles. The van der Waals surface area contributed by atoms with Crippen LogP contribution in [0.1, 0.15) is 51.6 Å². The lowest BCUT2D eigenvalue weighted by molar-refractivity contribution is 0.112. The molecule has 0 radical (unpaired) electrons. The molecule has 2 heterocycles. The molecule has 6 rings (SSSR count). The number of aromatic nitrogens is 1. The van der Waals surface area contributed by atoms with Crippen LogP contribution in [-0.4, -0.2) is 11.4 Å². The van der Waals surface area contributed by atoms with Crippen LogP contribution < -0.4 is 9.47 Å². The van der Waals surface area contributed by atoms with Crippen molar-refractivity contribution in [2.45, 2.75) is 42.9 Å². The number of benzene rings is 3. The molecule has 0 spiro atoms. The first kappa shape index (κ1) is 23.1. The van der Waals surface area contributed by atoms with Crippen molar-refractivity contribution in [3.05, 3.63) is 87.4 Å². The highest BCUT2D eigenvalue weighted by atomic mass is 35.5. The molecule has 5 nitrogen and oxygen atoms in total. The maximum atomic E-state index is 15.6. The Morgan fingerprint density at radius 2 is 2.06 bits per heavy atom. The molecule has 1 aliphatic carbocycles. The van der Waals surface area contributed by atoms with Gasteiger partial charge in [-0.05, 0) is 49.6 Å². The van der Waals surface area contributed by atoms with Crippen LogP contribution in [0.5, 0.6) is 17.2 Å². The maximum absolute atomic E-state index is 15.6. The molecule has 0 bridgehead atoms. The zero-order chi connectivity index (χ0) is 24.8. The lowest BCUT2D eigenvalue weighted by atomic mass is 10.0. The normalized spacial score (nSPS) is 14.4. The zero-order valence-corrected chi connectivity index (χ0v) is 20.9. The third-order valence-electron chi connectivity index (χ3n) is 6.44. The van der Waals surface area contributed by atoms with Gasteiger partial charge in [-0.2, -0.15) is 0 Å². The van der Waals surface area contributed by atoms with Gasteiger partial charge in [0.2, 0.25) is 0 Å². The van der Waals surface area contributed by atoms with E-state index in [1.807, 2.05) is 31.2 Å². The van der Waals surface area contributed by atoms with Crippen LogP contribution in [0.25, 0.3) is 11.3 Å². The molecule has 1 fully saturated rings. The number of aldehydes is 1. The van der Waals surface area contributed by atoms with Gasteiger partial charge >= 0.3 is 0 Å². The predicted molar refractivity (Wildman–Crippen MR) is 136 cm³/mol. The number of carbonyl (C=O) groups excluding carboxylic acids is 1. The van der Waals surface area contributed by atoms with Gasteiger partial charge in [0.05, 0.1) is 15.5 Å². The van der Waals surface area contributed by atoms with E-state index in [1.165, 1.54) is 11.8 Å². The van der Waals surface area contributed by atoms with Crippen LogP contribution in [-0.2, 0) is 12.4 Å². The third kappa shape index (κ3) is 4.16. The average Bonchev–Trinajstić information content (AvgIpc) is 3.66. The van der Waals surface area contributed by atoms with Crippen molar-refractivity contribution in [3.63, 3.8) is 0 Å². The molecule has 0 unspecified atom stereocenters. The molecule has 0 saturated heterocycles. The molecule has 0 N–H and O–H groups in total. The fourth-order valence-electron chi connectivity index (χ4n) is 4.38. The number of thioether (sulfide) groups is 1. The monoisotopic (exact) mass is 521 g/mol. The number of rotatable bonds is 6. The van der Waals surface area contributed by atoms with E-state index in [9.17, 15) is 4.79 Å². The van der Waals surface area contributed by atoms with Crippen LogP contribution in [0.4, 0.5) is 4.39 Å². The van der Waals surface area contributed by atoms with Gasteiger partial charge in [0.1, 0.15) is 35.8 Å². The minimum absolute atomic E-state index is 0.0967. The first-order chi connectivity index (χ1) is 17.5. The van der Waals surface area contributed by atoms with Gasteiger partial charge in [0.15, 0.2) is 11.6 Å². The SMILES string of the molecule is Cc1cccc(Cl)c1-c1noc(C2CC2)c1COc1ccc2c(c1F)SCc1ccc(C=O)cc1O2. The Hall–Kier alpha value is -3.29. The number of ether oxygens (including phenoxy) is 2. The lowest BCUT2D eigenvalue weighted by Crippen LogP contribution is -2.02. The van der Waals surface area contributed by atoms with Crippen molar-refractivity contribution >= 4 is 29.6 Å². The van der Waals surface area contributed by atoms with Crippen molar-refractivity contribution in [3.8, 4) is 28.5 Å².